The number of Topliss-reactive ketones (excluding diaryl/α,β-unsaturated/α-hetero) is 2. The fourth-order valence-electron chi connectivity index (χ4n) is 6.46. The van der Waals surface area contributed by atoms with Gasteiger partial charge >= 0.3 is 0 Å². The number of allylic oxidation sites excluding steroid dienone is 1. The summed E-state index contributed by atoms with van der Waals surface area (Å²) in [4.78, 5) is 24.2. The molecule has 0 aliphatic heterocycles. The molecule has 22 heavy (non-hydrogen) atoms. The highest BCUT2D eigenvalue weighted by Gasteiger charge is 2.59. The fraction of sp³-hybridized carbons (Fsp3) is 0.789. The van der Waals surface area contributed by atoms with Gasteiger partial charge in [-0.1, -0.05) is 13.8 Å². The first-order chi connectivity index (χ1) is 10.4. The number of hydrogen-bond acceptors (Lipinski definition) is 3. The summed E-state index contributed by atoms with van der Waals surface area (Å²) < 4.78 is 0. The molecular formula is C19H26O3. The van der Waals surface area contributed by atoms with E-state index in [4.69, 9.17) is 0 Å². The van der Waals surface area contributed by atoms with Crippen LogP contribution in [0.4, 0.5) is 0 Å². The number of ketones is 2. The average Bonchev–Trinajstić information content (AvgIpc) is 2.79. The molecule has 0 aromatic heterocycles. The molecule has 0 spiro atoms. The van der Waals surface area contributed by atoms with Crippen LogP contribution in [0, 0.1) is 28.6 Å². The Labute approximate surface area is 132 Å². The molecule has 0 radical (unpaired) electrons. The third kappa shape index (κ3) is 1.63. The Morgan fingerprint density at radius 2 is 1.64 bits per heavy atom. The van der Waals surface area contributed by atoms with E-state index in [1.165, 1.54) is 0 Å². The molecule has 3 fully saturated rings. The smallest absolute Gasteiger partial charge is 0.197 e. The van der Waals surface area contributed by atoms with Crippen LogP contribution in [0.25, 0.3) is 0 Å². The highest BCUT2D eigenvalue weighted by molar-refractivity contribution is 5.95. The van der Waals surface area contributed by atoms with Crippen LogP contribution in [-0.4, -0.2) is 16.7 Å². The van der Waals surface area contributed by atoms with E-state index in [2.05, 4.69) is 13.8 Å². The number of hydrogen-bond donors (Lipinski definition) is 1. The fourth-order valence-corrected chi connectivity index (χ4v) is 6.46. The topological polar surface area (TPSA) is 54.4 Å². The maximum atomic E-state index is 12.4. The van der Waals surface area contributed by atoms with E-state index in [0.717, 1.165) is 50.5 Å². The third-order valence-electron chi connectivity index (χ3n) is 7.80. The number of fused-ring (bicyclic) bond motifs is 5. The van der Waals surface area contributed by atoms with Gasteiger partial charge in [-0.25, -0.2) is 0 Å². The minimum Gasteiger partial charge on any atom is -0.504 e. The van der Waals surface area contributed by atoms with Crippen molar-refractivity contribution in [3.63, 3.8) is 0 Å². The summed E-state index contributed by atoms with van der Waals surface area (Å²) in [7, 11) is 0. The third-order valence-corrected chi connectivity index (χ3v) is 7.80. The van der Waals surface area contributed by atoms with Crippen LogP contribution in [0.3, 0.4) is 0 Å². The quantitative estimate of drug-likeness (QED) is 0.736. The second kappa shape index (κ2) is 4.46. The summed E-state index contributed by atoms with van der Waals surface area (Å²) >= 11 is 0. The van der Waals surface area contributed by atoms with Crippen LogP contribution in [0.1, 0.15) is 65.2 Å². The van der Waals surface area contributed by atoms with Crippen LogP contribution < -0.4 is 0 Å². The first kappa shape index (κ1) is 14.5. The van der Waals surface area contributed by atoms with Crippen molar-refractivity contribution in [2.45, 2.75) is 65.2 Å². The molecule has 4 rings (SSSR count). The average molecular weight is 302 g/mol. The summed E-state index contributed by atoms with van der Waals surface area (Å²) in [6.07, 6.45) is 7.13. The molecule has 0 aromatic carbocycles. The Morgan fingerprint density at radius 1 is 0.909 bits per heavy atom. The van der Waals surface area contributed by atoms with Gasteiger partial charge in [-0.15, -0.1) is 0 Å². The minimum atomic E-state index is -0.0920. The van der Waals surface area contributed by atoms with Crippen molar-refractivity contribution in [3.05, 3.63) is 11.3 Å². The van der Waals surface area contributed by atoms with E-state index in [9.17, 15) is 14.7 Å². The number of carbonyl (C=O) groups excluding carboxylic acids is 2. The lowest BCUT2D eigenvalue weighted by atomic mass is 9.47. The molecule has 4 aliphatic carbocycles. The molecule has 0 unspecified atom stereocenters. The molecule has 0 saturated heterocycles. The lowest BCUT2D eigenvalue weighted by Gasteiger charge is -2.56. The van der Waals surface area contributed by atoms with E-state index in [1.807, 2.05) is 0 Å². The van der Waals surface area contributed by atoms with E-state index in [0.29, 0.717) is 30.0 Å². The van der Waals surface area contributed by atoms with Crippen LogP contribution in [0.2, 0.25) is 0 Å². The summed E-state index contributed by atoms with van der Waals surface area (Å²) in [5.74, 6) is 2.14. The van der Waals surface area contributed by atoms with Gasteiger partial charge < -0.3 is 5.11 Å². The van der Waals surface area contributed by atoms with Gasteiger partial charge in [0.25, 0.3) is 0 Å². The Hall–Kier alpha value is -1.12. The molecule has 1 N–H and O–H groups in total. The van der Waals surface area contributed by atoms with Gasteiger partial charge in [0.2, 0.25) is 0 Å². The number of aliphatic hydroxyl groups is 1. The molecule has 0 bridgehead atoms. The summed E-state index contributed by atoms with van der Waals surface area (Å²) in [5.41, 5.74) is 0.914. The van der Waals surface area contributed by atoms with E-state index < -0.39 is 0 Å². The largest absolute Gasteiger partial charge is 0.504 e. The summed E-state index contributed by atoms with van der Waals surface area (Å²) in [6, 6.07) is 0. The van der Waals surface area contributed by atoms with Crippen molar-refractivity contribution in [2.75, 3.05) is 0 Å². The predicted octanol–water partition coefficient (Wildman–Crippen LogP) is 3.97. The van der Waals surface area contributed by atoms with Crippen molar-refractivity contribution in [3.8, 4) is 0 Å². The molecule has 120 valence electrons. The van der Waals surface area contributed by atoms with Crippen LogP contribution in [-0.2, 0) is 9.59 Å². The van der Waals surface area contributed by atoms with Gasteiger partial charge in [0, 0.05) is 18.3 Å². The maximum absolute atomic E-state index is 12.4. The summed E-state index contributed by atoms with van der Waals surface area (Å²) in [5, 5.41) is 10.3. The van der Waals surface area contributed by atoms with Gasteiger partial charge in [0.15, 0.2) is 11.5 Å². The second-order valence-electron chi connectivity index (χ2n) is 8.50. The lowest BCUT2D eigenvalue weighted by Crippen LogP contribution is -2.51. The van der Waals surface area contributed by atoms with Crippen molar-refractivity contribution >= 4 is 11.6 Å². The molecular weight excluding hydrogens is 276 g/mol. The van der Waals surface area contributed by atoms with Crippen LogP contribution in [0.15, 0.2) is 11.3 Å². The first-order valence-corrected chi connectivity index (χ1v) is 8.87. The van der Waals surface area contributed by atoms with Crippen molar-refractivity contribution in [2.24, 2.45) is 28.6 Å². The summed E-state index contributed by atoms with van der Waals surface area (Å²) in [6.45, 7) is 4.46. The Kier molecular flexibility index (Phi) is 2.93. The van der Waals surface area contributed by atoms with Gasteiger partial charge in [-0.2, -0.15) is 0 Å². The molecule has 3 nitrogen and oxygen atoms in total. The van der Waals surface area contributed by atoms with Gasteiger partial charge in [-0.05, 0) is 67.3 Å². The molecule has 3 saturated carbocycles. The highest BCUT2D eigenvalue weighted by atomic mass is 16.3. The Bertz CT molecular complexity index is 589. The maximum Gasteiger partial charge on any atom is 0.197 e. The van der Waals surface area contributed by atoms with E-state index >= 15 is 0 Å². The molecule has 0 aromatic rings. The van der Waals surface area contributed by atoms with Gasteiger partial charge in [0.1, 0.15) is 5.78 Å². The Morgan fingerprint density at radius 3 is 2.41 bits per heavy atom. The molecule has 0 heterocycles. The van der Waals surface area contributed by atoms with Crippen molar-refractivity contribution < 1.29 is 14.7 Å². The molecule has 3 heteroatoms. The lowest BCUT2D eigenvalue weighted by molar-refractivity contribution is -0.133. The van der Waals surface area contributed by atoms with Crippen LogP contribution in [0.5, 0.6) is 0 Å². The monoisotopic (exact) mass is 302 g/mol. The van der Waals surface area contributed by atoms with Crippen molar-refractivity contribution in [1.82, 2.24) is 0 Å². The zero-order valence-corrected chi connectivity index (χ0v) is 13.7. The number of aliphatic hydroxyl groups excluding tert-OH is 1. The van der Waals surface area contributed by atoms with Crippen LogP contribution >= 0.6 is 0 Å². The molecule has 4 aliphatic rings. The van der Waals surface area contributed by atoms with Gasteiger partial charge in [-0.3, -0.25) is 9.59 Å². The second-order valence-corrected chi connectivity index (χ2v) is 8.50. The molecule has 5 atom stereocenters. The predicted molar refractivity (Wildman–Crippen MR) is 83.3 cm³/mol. The zero-order chi connectivity index (χ0) is 15.7. The molecule has 0 amide bonds. The SMILES string of the molecule is C[C@]12CCC(=O)C(O)=C1CC[C@H]1[C@H]2CC[C@]2(C)C(=O)CC[C@@H]12. The normalized spacial score (nSPS) is 48.0. The zero-order valence-electron chi connectivity index (χ0n) is 13.7. The number of carbonyl (C=O) groups is 2. The van der Waals surface area contributed by atoms with E-state index in [-0.39, 0.29) is 22.4 Å². The highest BCUT2D eigenvalue weighted by Crippen LogP contribution is 2.64. The van der Waals surface area contributed by atoms with Crippen molar-refractivity contribution in [1.29, 1.82) is 0 Å². The Balaban J connectivity index is 1.73. The number of rotatable bonds is 0. The minimum absolute atomic E-state index is 0.0200. The van der Waals surface area contributed by atoms with Gasteiger partial charge in [0.05, 0.1) is 0 Å². The van der Waals surface area contributed by atoms with E-state index in [1.54, 1.807) is 0 Å². The standard InChI is InChI=1S/C19H26O3/c1-18-10-8-15(20)17(22)14(18)4-3-11-12-5-6-16(21)19(12,2)9-7-13(11)18/h11-13,22H,3-10H2,1-2H3/t11-,12+,13-,18-,19+/m1/s1. The first-order valence-electron chi connectivity index (χ1n) is 8.87.